The average molecular weight is 665 g/mol. The number of piperazine rings is 1. The number of benzene rings is 1. The number of carbonyl (C=O) groups excluding carboxylic acids is 1. The van der Waals surface area contributed by atoms with E-state index < -0.39 is 0 Å². The van der Waals surface area contributed by atoms with Crippen molar-refractivity contribution in [1.29, 1.82) is 0 Å². The van der Waals surface area contributed by atoms with Crippen molar-refractivity contribution in [3.05, 3.63) is 53.3 Å². The molecular weight excluding hydrogens is 622 g/mol. The molecule has 42 heavy (non-hydrogen) atoms. The van der Waals surface area contributed by atoms with Gasteiger partial charge in [0.2, 0.25) is 5.91 Å². The minimum Gasteiger partial charge on any atom is -0.488 e. The van der Waals surface area contributed by atoms with Crippen molar-refractivity contribution in [2.24, 2.45) is 0 Å². The number of carbonyl (C=O) groups is 1. The molecule has 0 unspecified atom stereocenters. The molecular formula is C29H42Cl4N6O3. The van der Waals surface area contributed by atoms with Crippen LogP contribution in [0.5, 0.6) is 5.75 Å². The van der Waals surface area contributed by atoms with Gasteiger partial charge in [0.15, 0.2) is 5.75 Å². The summed E-state index contributed by atoms with van der Waals surface area (Å²) >= 11 is 6.12. The molecule has 13 heteroatoms. The Morgan fingerprint density at radius 1 is 1.05 bits per heavy atom. The summed E-state index contributed by atoms with van der Waals surface area (Å²) in [5, 5.41) is 5.17. The summed E-state index contributed by atoms with van der Waals surface area (Å²) in [7, 11) is 0. The average Bonchev–Trinajstić information content (AvgIpc) is 3.43. The first-order valence-corrected chi connectivity index (χ1v) is 14.3. The molecule has 2 aliphatic rings. The summed E-state index contributed by atoms with van der Waals surface area (Å²) in [6, 6.07) is 9.99. The van der Waals surface area contributed by atoms with Crippen LogP contribution in [0.15, 0.2) is 42.7 Å². The summed E-state index contributed by atoms with van der Waals surface area (Å²) in [4.78, 5) is 28.2. The van der Waals surface area contributed by atoms with Crippen LogP contribution >= 0.6 is 48.8 Å². The molecule has 5 rings (SSSR count). The summed E-state index contributed by atoms with van der Waals surface area (Å²) in [5.41, 5.74) is 2.87. The Balaban J connectivity index is 0.00000205. The van der Waals surface area contributed by atoms with Crippen LogP contribution in [0.1, 0.15) is 25.3 Å². The molecule has 2 N–H and O–H groups in total. The molecule has 2 saturated heterocycles. The van der Waals surface area contributed by atoms with Gasteiger partial charge in [0.05, 0.1) is 31.0 Å². The summed E-state index contributed by atoms with van der Waals surface area (Å²) in [6.45, 7) is 12.4. The molecule has 9 nitrogen and oxygen atoms in total. The SMILES string of the molecule is CC(C)NC[C@@H](C(=O)N1CCN(c2c(OCCN3CCOCC3)cnc3[nH]ccc23)CC1)c1ccc(Cl)cc1.Cl.Cl.Cl. The molecule has 0 spiro atoms. The number of morpholine rings is 1. The molecule has 3 aromatic rings. The van der Waals surface area contributed by atoms with Crippen LogP contribution < -0.4 is 15.0 Å². The largest absolute Gasteiger partial charge is 0.488 e. The maximum absolute atomic E-state index is 13.8. The fourth-order valence-corrected chi connectivity index (χ4v) is 5.41. The van der Waals surface area contributed by atoms with E-state index in [9.17, 15) is 4.79 Å². The first-order valence-electron chi connectivity index (χ1n) is 13.9. The Labute approximate surface area is 271 Å². The van der Waals surface area contributed by atoms with E-state index in [1.165, 1.54) is 0 Å². The van der Waals surface area contributed by atoms with Crippen LogP contribution in [0, 0.1) is 0 Å². The number of nitrogens with zero attached hydrogens (tertiary/aromatic N) is 4. The summed E-state index contributed by atoms with van der Waals surface area (Å²) in [6.07, 6.45) is 3.73. The Kier molecular flexibility index (Phi) is 15.0. The van der Waals surface area contributed by atoms with Gasteiger partial charge in [-0.05, 0) is 23.8 Å². The molecule has 1 amide bonds. The number of H-pyrrole nitrogens is 1. The Hall–Kier alpha value is -1.98. The minimum atomic E-state index is -0.257. The van der Waals surface area contributed by atoms with Gasteiger partial charge in [-0.25, -0.2) is 4.98 Å². The number of aromatic amines is 1. The van der Waals surface area contributed by atoms with Gasteiger partial charge in [-0.1, -0.05) is 37.6 Å². The van der Waals surface area contributed by atoms with E-state index >= 15 is 0 Å². The van der Waals surface area contributed by atoms with Crippen LogP contribution in [-0.2, 0) is 9.53 Å². The number of pyridine rings is 1. The quantitative estimate of drug-likeness (QED) is 0.327. The van der Waals surface area contributed by atoms with Crippen molar-refractivity contribution in [3.8, 4) is 5.75 Å². The van der Waals surface area contributed by atoms with Gasteiger partial charge < -0.3 is 29.6 Å². The minimum absolute atomic E-state index is 0. The zero-order valence-electron chi connectivity index (χ0n) is 24.1. The normalized spacial score (nSPS) is 16.4. The predicted octanol–water partition coefficient (Wildman–Crippen LogP) is 4.62. The predicted molar refractivity (Wildman–Crippen MR) is 177 cm³/mol. The van der Waals surface area contributed by atoms with Gasteiger partial charge in [0.25, 0.3) is 0 Å². The second kappa shape index (κ2) is 17.3. The number of fused-ring (bicyclic) bond motifs is 1. The molecule has 2 fully saturated rings. The molecule has 2 aliphatic heterocycles. The molecule has 234 valence electrons. The number of rotatable bonds is 10. The van der Waals surface area contributed by atoms with Gasteiger partial charge in [0.1, 0.15) is 12.3 Å². The highest BCUT2D eigenvalue weighted by Gasteiger charge is 2.30. The number of anilines is 1. The highest BCUT2D eigenvalue weighted by molar-refractivity contribution is 6.30. The standard InChI is InChI=1S/C29H39ClN6O3.3ClH/c1-21(2)32-19-25(22-3-5-23(30)6-4-22)29(37)36-11-9-35(10-12-36)27-24-7-8-31-28(24)33-20-26(27)39-18-15-34-13-16-38-17-14-34;;;/h3-8,20-21,25,32H,9-19H2,1-2H3,(H,31,33);3*1H/t25-;;;/m1.../s1. The number of nitrogens with one attached hydrogen (secondary N) is 2. The molecule has 1 aromatic carbocycles. The second-order valence-corrected chi connectivity index (χ2v) is 10.9. The zero-order chi connectivity index (χ0) is 27.2. The van der Waals surface area contributed by atoms with Crippen LogP contribution in [0.2, 0.25) is 5.02 Å². The molecule has 2 aromatic heterocycles. The maximum atomic E-state index is 13.8. The van der Waals surface area contributed by atoms with Crippen LogP contribution in [-0.4, -0.2) is 104 Å². The van der Waals surface area contributed by atoms with Gasteiger partial charge in [-0.2, -0.15) is 0 Å². The van der Waals surface area contributed by atoms with E-state index in [0.717, 1.165) is 74.0 Å². The summed E-state index contributed by atoms with van der Waals surface area (Å²) < 4.78 is 11.8. The first kappa shape index (κ1) is 36.2. The van der Waals surface area contributed by atoms with E-state index in [1.807, 2.05) is 41.6 Å². The fourth-order valence-electron chi connectivity index (χ4n) is 5.28. The fraction of sp³-hybridized carbons (Fsp3) is 0.517. The van der Waals surface area contributed by atoms with E-state index in [2.05, 4.69) is 45.0 Å². The lowest BCUT2D eigenvalue weighted by Gasteiger charge is -2.38. The highest BCUT2D eigenvalue weighted by Crippen LogP contribution is 2.36. The Morgan fingerprint density at radius 2 is 1.74 bits per heavy atom. The third-order valence-electron chi connectivity index (χ3n) is 7.50. The molecule has 1 atom stereocenters. The van der Waals surface area contributed by atoms with Gasteiger partial charge in [-0.3, -0.25) is 9.69 Å². The molecule has 0 aliphatic carbocycles. The van der Waals surface area contributed by atoms with Crippen molar-refractivity contribution < 1.29 is 14.3 Å². The van der Waals surface area contributed by atoms with Crippen molar-refractivity contribution in [2.75, 3.05) is 77.1 Å². The number of hydrogen-bond acceptors (Lipinski definition) is 7. The van der Waals surface area contributed by atoms with Gasteiger partial charge in [-0.15, -0.1) is 37.2 Å². The highest BCUT2D eigenvalue weighted by atomic mass is 35.5. The van der Waals surface area contributed by atoms with Crippen molar-refractivity contribution in [3.63, 3.8) is 0 Å². The van der Waals surface area contributed by atoms with E-state index in [-0.39, 0.29) is 49.0 Å². The van der Waals surface area contributed by atoms with Crippen LogP contribution in [0.25, 0.3) is 11.0 Å². The van der Waals surface area contributed by atoms with Crippen molar-refractivity contribution in [2.45, 2.75) is 25.8 Å². The number of hydrogen-bond donors (Lipinski definition) is 2. The second-order valence-electron chi connectivity index (χ2n) is 10.5. The zero-order valence-corrected chi connectivity index (χ0v) is 27.3. The monoisotopic (exact) mass is 662 g/mol. The first-order chi connectivity index (χ1) is 19.0. The number of ether oxygens (including phenoxy) is 2. The smallest absolute Gasteiger partial charge is 0.231 e. The third kappa shape index (κ3) is 9.02. The van der Waals surface area contributed by atoms with E-state index in [0.29, 0.717) is 37.3 Å². The lowest BCUT2D eigenvalue weighted by molar-refractivity contribution is -0.133. The molecule has 4 heterocycles. The molecule has 0 saturated carbocycles. The van der Waals surface area contributed by atoms with E-state index in [4.69, 9.17) is 21.1 Å². The van der Waals surface area contributed by atoms with Gasteiger partial charge in [0, 0.05) is 75.0 Å². The number of amides is 1. The van der Waals surface area contributed by atoms with Crippen molar-refractivity contribution >= 4 is 71.5 Å². The lowest BCUT2D eigenvalue weighted by atomic mass is 9.96. The van der Waals surface area contributed by atoms with E-state index in [1.54, 1.807) is 0 Å². The Bertz CT molecular complexity index is 1230. The Morgan fingerprint density at radius 3 is 2.40 bits per heavy atom. The third-order valence-corrected chi connectivity index (χ3v) is 7.75. The summed E-state index contributed by atoms with van der Waals surface area (Å²) in [5.74, 6) is 0.677. The van der Waals surface area contributed by atoms with Crippen LogP contribution in [0.4, 0.5) is 5.69 Å². The number of halogens is 4. The van der Waals surface area contributed by atoms with Gasteiger partial charge >= 0.3 is 0 Å². The number of aromatic nitrogens is 2. The topological polar surface area (TPSA) is 86.0 Å². The maximum Gasteiger partial charge on any atom is 0.231 e. The molecule has 0 bridgehead atoms. The van der Waals surface area contributed by atoms with Crippen molar-refractivity contribution in [1.82, 2.24) is 25.1 Å². The van der Waals surface area contributed by atoms with Crippen LogP contribution in [0.3, 0.4) is 0 Å². The molecule has 0 radical (unpaired) electrons. The lowest BCUT2D eigenvalue weighted by Crippen LogP contribution is -2.51.